The van der Waals surface area contributed by atoms with E-state index < -0.39 is 5.97 Å². The summed E-state index contributed by atoms with van der Waals surface area (Å²) in [6.45, 7) is 9.29. The molecule has 0 aliphatic carbocycles. The normalized spacial score (nSPS) is 11.3. The van der Waals surface area contributed by atoms with Gasteiger partial charge in [0, 0.05) is 26.8 Å². The second-order valence-corrected chi connectivity index (χ2v) is 9.41. The molecule has 0 atom stereocenters. The highest BCUT2D eigenvalue weighted by atomic mass is 32.1. The Morgan fingerprint density at radius 2 is 1.54 bits per heavy atom. The van der Waals surface area contributed by atoms with E-state index in [0.717, 1.165) is 33.1 Å². The first-order valence-electron chi connectivity index (χ1n) is 11.6. The lowest BCUT2D eigenvalue weighted by Crippen LogP contribution is -2.09. The summed E-state index contributed by atoms with van der Waals surface area (Å²) < 4.78 is 4.67. The largest absolute Gasteiger partial charge is 0.486 e. The smallest absolute Gasteiger partial charge is 0.333 e. The fraction of sp³-hybridized carbons (Fsp3) is 0.0323. The molecule has 1 heterocycles. The van der Waals surface area contributed by atoms with Crippen LogP contribution in [0.3, 0.4) is 0 Å². The van der Waals surface area contributed by atoms with Gasteiger partial charge in [-0.1, -0.05) is 42.0 Å². The van der Waals surface area contributed by atoms with Gasteiger partial charge >= 0.3 is 5.97 Å². The summed E-state index contributed by atoms with van der Waals surface area (Å²) in [5.41, 5.74) is 5.26. The molecular formula is C31H21N3O4S. The van der Waals surface area contributed by atoms with Crippen molar-refractivity contribution in [3.05, 3.63) is 124 Å². The SMILES string of the molecule is [C-]#[N+]/C(=C\c1ccc(-c2ccc(N(c3ccc(C)cc3)c3ccc(/C=C(\C#N)OC=O)cc3)cc2)s1)C(=O)O. The molecule has 4 rings (SSSR count). The molecule has 4 aromatic rings. The molecule has 0 saturated carbocycles. The number of nitriles is 1. The molecule has 0 amide bonds. The van der Waals surface area contributed by atoms with Gasteiger partial charge < -0.3 is 14.7 Å². The van der Waals surface area contributed by atoms with Crippen LogP contribution in [0.25, 0.3) is 27.4 Å². The van der Waals surface area contributed by atoms with Gasteiger partial charge in [0.2, 0.25) is 5.76 Å². The number of aryl methyl sites for hydroxylation is 1. The van der Waals surface area contributed by atoms with Crippen molar-refractivity contribution in [1.82, 2.24) is 0 Å². The number of hydrogen-bond acceptors (Lipinski definition) is 6. The highest BCUT2D eigenvalue weighted by Crippen LogP contribution is 2.37. The van der Waals surface area contributed by atoms with E-state index in [1.807, 2.05) is 91.9 Å². The quantitative estimate of drug-likeness (QED) is 0.0787. The second kappa shape index (κ2) is 12.2. The lowest BCUT2D eigenvalue weighted by atomic mass is 10.1. The maximum absolute atomic E-state index is 11.2. The third-order valence-corrected chi connectivity index (χ3v) is 6.76. The van der Waals surface area contributed by atoms with Crippen molar-refractivity contribution in [3.8, 4) is 16.5 Å². The first-order valence-corrected chi connectivity index (χ1v) is 12.4. The minimum atomic E-state index is -1.25. The molecule has 0 radical (unpaired) electrons. The standard InChI is InChI=1S/C31H21N3O4S/c1-21-3-9-24(10-4-21)34(25-11-5-22(6-12-25)17-27(19-32)38-20-35)26-13-7-23(8-14-26)30-16-15-28(39-30)18-29(33-2)31(36)37/h3-18,20H,1H3,(H,36,37)/b27-17+,29-18-. The molecule has 0 spiro atoms. The Morgan fingerprint density at radius 1 is 0.949 bits per heavy atom. The van der Waals surface area contributed by atoms with Gasteiger partial charge in [0.25, 0.3) is 12.2 Å². The summed E-state index contributed by atoms with van der Waals surface area (Å²) in [7, 11) is 0. The number of benzene rings is 3. The van der Waals surface area contributed by atoms with E-state index >= 15 is 0 Å². The number of anilines is 3. The first kappa shape index (κ1) is 26.6. The van der Waals surface area contributed by atoms with Gasteiger partial charge in [-0.15, -0.1) is 11.3 Å². The van der Waals surface area contributed by atoms with Crippen LogP contribution in [0.5, 0.6) is 0 Å². The third-order valence-electron chi connectivity index (χ3n) is 5.68. The van der Waals surface area contributed by atoms with E-state index in [1.165, 1.54) is 23.5 Å². The fourth-order valence-electron chi connectivity index (χ4n) is 3.79. The Morgan fingerprint density at radius 3 is 2.08 bits per heavy atom. The van der Waals surface area contributed by atoms with Crippen LogP contribution in [0, 0.1) is 24.8 Å². The number of carboxylic acid groups (broad SMARTS) is 1. The summed E-state index contributed by atoms with van der Waals surface area (Å²) in [5.74, 6) is -1.34. The lowest BCUT2D eigenvalue weighted by Gasteiger charge is -2.26. The molecule has 0 saturated heterocycles. The van der Waals surface area contributed by atoms with Crippen LogP contribution in [-0.4, -0.2) is 17.5 Å². The number of hydrogen-bond donors (Lipinski definition) is 1. The number of carbonyl (C=O) groups excluding carboxylic acids is 1. The van der Waals surface area contributed by atoms with E-state index in [9.17, 15) is 9.59 Å². The zero-order valence-corrected chi connectivity index (χ0v) is 21.6. The number of ether oxygens (including phenoxy) is 1. The Hall–Kier alpha value is -5.44. The molecule has 0 aliphatic heterocycles. The number of thiophene rings is 1. The molecule has 0 unspecified atom stereocenters. The third kappa shape index (κ3) is 6.47. The van der Waals surface area contributed by atoms with Crippen LogP contribution >= 0.6 is 11.3 Å². The number of rotatable bonds is 9. The summed E-state index contributed by atoms with van der Waals surface area (Å²) in [6.07, 6.45) is 2.87. The summed E-state index contributed by atoms with van der Waals surface area (Å²) in [4.78, 5) is 28.5. The monoisotopic (exact) mass is 531 g/mol. The molecule has 7 nitrogen and oxygen atoms in total. The summed E-state index contributed by atoms with van der Waals surface area (Å²) in [6, 6.07) is 29.2. The average Bonchev–Trinajstić information content (AvgIpc) is 3.42. The minimum Gasteiger partial charge on any atom is -0.486 e. The topological polar surface area (TPSA) is 95.0 Å². The van der Waals surface area contributed by atoms with Crippen molar-refractivity contribution in [1.29, 1.82) is 5.26 Å². The van der Waals surface area contributed by atoms with E-state index in [1.54, 1.807) is 6.07 Å². The fourth-order valence-corrected chi connectivity index (χ4v) is 4.74. The second-order valence-electron chi connectivity index (χ2n) is 8.29. The van der Waals surface area contributed by atoms with E-state index in [2.05, 4.69) is 14.5 Å². The van der Waals surface area contributed by atoms with E-state index in [-0.39, 0.29) is 17.9 Å². The van der Waals surface area contributed by atoms with Gasteiger partial charge in [0.15, 0.2) is 0 Å². The lowest BCUT2D eigenvalue weighted by molar-refractivity contribution is -0.132. The van der Waals surface area contributed by atoms with Gasteiger partial charge in [-0.05, 0) is 78.7 Å². The number of nitrogens with zero attached hydrogens (tertiary/aromatic N) is 3. The molecule has 39 heavy (non-hydrogen) atoms. The van der Waals surface area contributed by atoms with Gasteiger partial charge in [-0.25, -0.2) is 4.85 Å². The van der Waals surface area contributed by atoms with E-state index in [4.69, 9.17) is 16.9 Å². The Bertz CT molecular complexity index is 1640. The van der Waals surface area contributed by atoms with Crippen LogP contribution < -0.4 is 4.90 Å². The minimum absolute atomic E-state index is 0.0933. The zero-order valence-electron chi connectivity index (χ0n) is 20.7. The molecule has 0 fully saturated rings. The van der Waals surface area contributed by atoms with Crippen LogP contribution in [0.2, 0.25) is 0 Å². The van der Waals surface area contributed by atoms with Crippen molar-refractivity contribution < 1.29 is 19.4 Å². The Balaban J connectivity index is 1.67. The van der Waals surface area contributed by atoms with Crippen LogP contribution in [0.15, 0.2) is 96.4 Å². The van der Waals surface area contributed by atoms with Crippen molar-refractivity contribution in [2.45, 2.75) is 6.92 Å². The van der Waals surface area contributed by atoms with Gasteiger partial charge in [-0.2, -0.15) is 5.26 Å². The number of carbonyl (C=O) groups is 2. The molecule has 3 aromatic carbocycles. The number of aliphatic carboxylic acids is 1. The van der Waals surface area contributed by atoms with Crippen LogP contribution in [-0.2, 0) is 14.3 Å². The zero-order chi connectivity index (χ0) is 27.8. The van der Waals surface area contributed by atoms with Crippen molar-refractivity contribution in [2.75, 3.05) is 4.90 Å². The Labute approximate surface area is 229 Å². The molecular weight excluding hydrogens is 510 g/mol. The van der Waals surface area contributed by atoms with Crippen LogP contribution in [0.4, 0.5) is 17.1 Å². The molecule has 190 valence electrons. The van der Waals surface area contributed by atoms with Crippen molar-refractivity contribution in [2.24, 2.45) is 0 Å². The predicted octanol–water partition coefficient (Wildman–Crippen LogP) is 7.58. The average molecular weight is 532 g/mol. The Kier molecular flexibility index (Phi) is 8.33. The van der Waals surface area contributed by atoms with Crippen molar-refractivity contribution in [3.63, 3.8) is 0 Å². The van der Waals surface area contributed by atoms with E-state index in [0.29, 0.717) is 10.4 Å². The molecule has 1 aromatic heterocycles. The van der Waals surface area contributed by atoms with Gasteiger partial charge in [0.1, 0.15) is 6.07 Å². The molecule has 0 aliphatic rings. The maximum atomic E-state index is 11.2. The molecule has 8 heteroatoms. The molecule has 0 bridgehead atoms. The number of allylic oxidation sites excluding steroid dienone is 1. The van der Waals surface area contributed by atoms with Gasteiger partial charge in [-0.3, -0.25) is 9.59 Å². The summed E-state index contributed by atoms with van der Waals surface area (Å²) >= 11 is 1.41. The molecule has 1 N–H and O–H groups in total. The summed E-state index contributed by atoms with van der Waals surface area (Å²) in [5, 5.41) is 18.2. The number of carboxylic acids is 1. The highest BCUT2D eigenvalue weighted by molar-refractivity contribution is 7.16. The first-order chi connectivity index (χ1) is 18.9. The van der Waals surface area contributed by atoms with Crippen molar-refractivity contribution >= 4 is 53.0 Å². The highest BCUT2D eigenvalue weighted by Gasteiger charge is 2.14. The van der Waals surface area contributed by atoms with Crippen LogP contribution in [0.1, 0.15) is 16.0 Å². The maximum Gasteiger partial charge on any atom is 0.333 e. The van der Waals surface area contributed by atoms with Gasteiger partial charge in [0.05, 0.1) is 6.57 Å². The predicted molar refractivity (Wildman–Crippen MR) is 152 cm³/mol.